The fourth-order valence-corrected chi connectivity index (χ4v) is 2.40. The number of thioether (sulfide) groups is 1. The Balaban J connectivity index is 0.00000484. The lowest BCUT2D eigenvalue weighted by Crippen LogP contribution is -2.55. The highest BCUT2D eigenvalue weighted by molar-refractivity contribution is 8.00. The molecule has 23 heavy (non-hydrogen) atoms. The Morgan fingerprint density at radius 2 is 1.78 bits per heavy atom. The molecule has 6 heteroatoms. The van der Waals surface area contributed by atoms with Crippen LogP contribution in [0.25, 0.3) is 0 Å². The van der Waals surface area contributed by atoms with Crippen molar-refractivity contribution in [2.45, 2.75) is 50.9 Å². The minimum absolute atomic E-state index is 0. The summed E-state index contributed by atoms with van der Waals surface area (Å²) >= 11 is 1.59. The molecule has 0 aliphatic carbocycles. The summed E-state index contributed by atoms with van der Waals surface area (Å²) in [6.07, 6.45) is 1.96. The number of benzene rings is 1. The van der Waals surface area contributed by atoms with Crippen molar-refractivity contribution in [2.75, 3.05) is 12.9 Å². The van der Waals surface area contributed by atoms with Gasteiger partial charge in [0.25, 0.3) is 0 Å². The van der Waals surface area contributed by atoms with E-state index in [1.165, 1.54) is 0 Å². The van der Waals surface area contributed by atoms with Crippen LogP contribution in [0, 0.1) is 0 Å². The molecule has 0 aromatic heterocycles. The molecule has 0 bridgehead atoms. The van der Waals surface area contributed by atoms with Crippen LogP contribution in [0.4, 0.5) is 0 Å². The first kappa shape index (κ1) is 22.1. The molecule has 0 fully saturated rings. The molecule has 0 unspecified atom stereocenters. The molecular formula is C17H29ClN2O2S. The van der Waals surface area contributed by atoms with E-state index in [9.17, 15) is 4.79 Å². The molecule has 1 amide bonds. The van der Waals surface area contributed by atoms with Crippen molar-refractivity contribution in [1.29, 1.82) is 0 Å². The zero-order chi connectivity index (χ0) is 17.0. The zero-order valence-electron chi connectivity index (χ0n) is 14.8. The van der Waals surface area contributed by atoms with E-state index in [0.717, 1.165) is 11.3 Å². The van der Waals surface area contributed by atoms with Gasteiger partial charge in [0.05, 0.1) is 18.2 Å². The summed E-state index contributed by atoms with van der Waals surface area (Å²) in [5, 5.41) is 3.05. The number of hydrogen-bond donors (Lipinski definition) is 2. The highest BCUT2D eigenvalue weighted by Gasteiger charge is 2.34. The summed E-state index contributed by atoms with van der Waals surface area (Å²) in [4.78, 5) is 12.4. The third-order valence-corrected chi connectivity index (χ3v) is 5.19. The SMILES string of the molecule is CCOc1ccc(C(C)(C)NC(=O)[C@@H](N)C(C)(C)SC)cc1.Cl. The second-order valence-electron chi connectivity index (χ2n) is 6.36. The average Bonchev–Trinajstić information content (AvgIpc) is 2.46. The Kier molecular flexibility index (Phi) is 8.46. The minimum Gasteiger partial charge on any atom is -0.494 e. The molecule has 0 radical (unpaired) electrons. The first-order valence-electron chi connectivity index (χ1n) is 7.50. The van der Waals surface area contributed by atoms with Crippen LogP contribution in [0.5, 0.6) is 5.75 Å². The zero-order valence-corrected chi connectivity index (χ0v) is 16.4. The lowest BCUT2D eigenvalue weighted by molar-refractivity contribution is -0.124. The monoisotopic (exact) mass is 360 g/mol. The van der Waals surface area contributed by atoms with Crippen LogP contribution in [-0.2, 0) is 10.3 Å². The second kappa shape index (κ2) is 8.81. The molecule has 0 heterocycles. The largest absolute Gasteiger partial charge is 0.494 e. The van der Waals surface area contributed by atoms with E-state index in [2.05, 4.69) is 5.32 Å². The molecular weight excluding hydrogens is 332 g/mol. The van der Waals surface area contributed by atoms with E-state index in [0.29, 0.717) is 6.61 Å². The first-order valence-corrected chi connectivity index (χ1v) is 8.72. The highest BCUT2D eigenvalue weighted by atomic mass is 35.5. The van der Waals surface area contributed by atoms with Gasteiger partial charge in [-0.25, -0.2) is 0 Å². The molecule has 132 valence electrons. The molecule has 3 N–H and O–H groups in total. The molecule has 0 spiro atoms. The molecule has 0 saturated heterocycles. The van der Waals surface area contributed by atoms with E-state index >= 15 is 0 Å². The van der Waals surface area contributed by atoms with Crippen molar-refractivity contribution < 1.29 is 9.53 Å². The summed E-state index contributed by atoms with van der Waals surface area (Å²) in [6.45, 7) is 10.5. The van der Waals surface area contributed by atoms with E-state index < -0.39 is 11.6 Å². The van der Waals surface area contributed by atoms with Crippen LogP contribution in [0.2, 0.25) is 0 Å². The van der Waals surface area contributed by atoms with Crippen LogP contribution in [0.1, 0.15) is 40.2 Å². The molecule has 0 aliphatic heterocycles. The maximum atomic E-state index is 12.4. The highest BCUT2D eigenvalue weighted by Crippen LogP contribution is 2.27. The van der Waals surface area contributed by atoms with Gasteiger partial charge in [0.15, 0.2) is 0 Å². The number of carbonyl (C=O) groups is 1. The molecule has 0 aliphatic rings. The van der Waals surface area contributed by atoms with Gasteiger partial charge in [-0.1, -0.05) is 12.1 Å². The number of nitrogens with two attached hydrogens (primary N) is 1. The van der Waals surface area contributed by atoms with E-state index in [1.807, 2.05) is 65.1 Å². The fraction of sp³-hybridized carbons (Fsp3) is 0.588. The van der Waals surface area contributed by atoms with E-state index in [-0.39, 0.29) is 23.1 Å². The first-order chi connectivity index (χ1) is 10.1. The van der Waals surface area contributed by atoms with Gasteiger partial charge in [-0.15, -0.1) is 12.4 Å². The predicted octanol–water partition coefficient (Wildman–Crippen LogP) is 3.33. The summed E-state index contributed by atoms with van der Waals surface area (Å²) < 4.78 is 5.14. The Bertz CT molecular complexity index is 504. The third-order valence-electron chi connectivity index (χ3n) is 3.88. The molecule has 1 aromatic rings. The van der Waals surface area contributed by atoms with E-state index in [4.69, 9.17) is 10.5 Å². The van der Waals surface area contributed by atoms with E-state index in [1.54, 1.807) is 11.8 Å². The molecule has 1 aromatic carbocycles. The van der Waals surface area contributed by atoms with Gasteiger partial charge < -0.3 is 15.8 Å². The van der Waals surface area contributed by atoms with Crippen molar-refractivity contribution in [1.82, 2.24) is 5.32 Å². The predicted molar refractivity (Wildman–Crippen MR) is 102 cm³/mol. The second-order valence-corrected chi connectivity index (χ2v) is 7.82. The number of rotatable bonds is 7. The lowest BCUT2D eigenvalue weighted by Gasteiger charge is -2.33. The fourth-order valence-electron chi connectivity index (χ4n) is 2.04. The van der Waals surface area contributed by atoms with Gasteiger partial charge in [-0.05, 0) is 58.6 Å². The van der Waals surface area contributed by atoms with Crippen molar-refractivity contribution >= 4 is 30.1 Å². The molecule has 0 saturated carbocycles. The number of amides is 1. The van der Waals surface area contributed by atoms with Gasteiger partial charge in [0, 0.05) is 4.75 Å². The smallest absolute Gasteiger partial charge is 0.239 e. The Morgan fingerprint density at radius 3 is 2.22 bits per heavy atom. The number of carbonyl (C=O) groups excluding carboxylic acids is 1. The minimum atomic E-state index is -0.565. The maximum Gasteiger partial charge on any atom is 0.239 e. The standard InChI is InChI=1S/C17H28N2O2S.ClH/c1-7-21-13-10-8-12(9-11-13)16(2,3)19-15(20)14(18)17(4,5)22-6;/h8-11,14H,7,18H2,1-6H3,(H,19,20);1H/t14-;/m1./s1. The quantitative estimate of drug-likeness (QED) is 0.782. The van der Waals surface area contributed by atoms with Crippen LogP contribution in [0.3, 0.4) is 0 Å². The Hall–Kier alpha value is -0.910. The van der Waals surface area contributed by atoms with Gasteiger partial charge in [0.2, 0.25) is 5.91 Å². The number of halogens is 1. The van der Waals surface area contributed by atoms with Gasteiger partial charge in [0.1, 0.15) is 5.75 Å². The molecule has 1 atom stereocenters. The van der Waals surface area contributed by atoms with Crippen molar-refractivity contribution in [2.24, 2.45) is 5.73 Å². The summed E-state index contributed by atoms with van der Waals surface area (Å²) in [5.74, 6) is 0.687. The lowest BCUT2D eigenvalue weighted by atomic mass is 9.92. The van der Waals surface area contributed by atoms with Crippen LogP contribution < -0.4 is 15.8 Å². The number of nitrogens with one attached hydrogen (secondary N) is 1. The van der Waals surface area contributed by atoms with Gasteiger partial charge >= 0.3 is 0 Å². The summed E-state index contributed by atoms with van der Waals surface area (Å²) in [6, 6.07) is 7.20. The maximum absolute atomic E-state index is 12.4. The van der Waals surface area contributed by atoms with Crippen molar-refractivity contribution in [3.05, 3.63) is 29.8 Å². The van der Waals surface area contributed by atoms with Gasteiger partial charge in [-0.3, -0.25) is 4.79 Å². The van der Waals surface area contributed by atoms with Crippen LogP contribution >= 0.6 is 24.2 Å². The average molecular weight is 361 g/mol. The molecule has 1 rings (SSSR count). The Morgan fingerprint density at radius 1 is 1.26 bits per heavy atom. The summed E-state index contributed by atoms with van der Waals surface area (Å²) in [5.41, 5.74) is 6.62. The third kappa shape index (κ3) is 5.90. The topological polar surface area (TPSA) is 64.3 Å². The van der Waals surface area contributed by atoms with Crippen molar-refractivity contribution in [3.63, 3.8) is 0 Å². The van der Waals surface area contributed by atoms with Gasteiger partial charge in [-0.2, -0.15) is 11.8 Å². The summed E-state index contributed by atoms with van der Waals surface area (Å²) in [7, 11) is 0. The van der Waals surface area contributed by atoms with Crippen LogP contribution in [-0.4, -0.2) is 29.6 Å². The molecule has 4 nitrogen and oxygen atoms in total. The van der Waals surface area contributed by atoms with Crippen LogP contribution in [0.15, 0.2) is 24.3 Å². The number of hydrogen-bond acceptors (Lipinski definition) is 4. The normalized spacial score (nSPS) is 13.0. The Labute approximate surface area is 150 Å². The van der Waals surface area contributed by atoms with Crippen molar-refractivity contribution in [3.8, 4) is 5.75 Å². The number of ether oxygens (including phenoxy) is 1.